The first-order valence-electron chi connectivity index (χ1n) is 5.26. The van der Waals surface area contributed by atoms with Gasteiger partial charge in [0.25, 0.3) is 0 Å². The van der Waals surface area contributed by atoms with E-state index in [1.807, 2.05) is 11.4 Å². The van der Waals surface area contributed by atoms with Crippen LogP contribution in [0.5, 0.6) is 0 Å². The number of thiophene rings is 1. The van der Waals surface area contributed by atoms with Gasteiger partial charge in [-0.3, -0.25) is 0 Å². The van der Waals surface area contributed by atoms with Gasteiger partial charge in [0.1, 0.15) is 12.1 Å². The zero-order valence-corrected chi connectivity index (χ0v) is 10.6. The molecular weight excluding hydrogens is 220 g/mol. The number of anilines is 1. The summed E-state index contributed by atoms with van der Waals surface area (Å²) in [6, 6.07) is 2.39. The Labute approximate surface area is 99.3 Å². The molecule has 0 bridgehead atoms. The van der Waals surface area contributed by atoms with E-state index >= 15 is 0 Å². The molecule has 0 aliphatic heterocycles. The van der Waals surface area contributed by atoms with Crippen molar-refractivity contribution in [2.75, 3.05) is 26.0 Å². The van der Waals surface area contributed by atoms with E-state index in [1.165, 1.54) is 0 Å². The molecule has 86 valence electrons. The third-order valence-electron chi connectivity index (χ3n) is 2.27. The van der Waals surface area contributed by atoms with Crippen LogP contribution in [0.3, 0.4) is 0 Å². The number of nitrogens with zero attached hydrogens (tertiary/aromatic N) is 3. The highest BCUT2D eigenvalue weighted by Gasteiger charge is 2.08. The minimum absolute atomic E-state index is 0.371. The molecule has 2 rings (SSSR count). The van der Waals surface area contributed by atoms with Gasteiger partial charge < -0.3 is 10.2 Å². The lowest BCUT2D eigenvalue weighted by molar-refractivity contribution is 0.392. The van der Waals surface area contributed by atoms with E-state index in [2.05, 4.69) is 41.2 Å². The van der Waals surface area contributed by atoms with Crippen molar-refractivity contribution in [1.82, 2.24) is 14.9 Å². The highest BCUT2D eigenvalue weighted by Crippen LogP contribution is 2.25. The maximum atomic E-state index is 4.30. The lowest BCUT2D eigenvalue weighted by Crippen LogP contribution is -2.29. The first kappa shape index (κ1) is 11.3. The summed E-state index contributed by atoms with van der Waals surface area (Å²) in [7, 11) is 4.14. The third kappa shape index (κ3) is 2.48. The highest BCUT2D eigenvalue weighted by atomic mass is 32.1. The van der Waals surface area contributed by atoms with E-state index in [9.17, 15) is 0 Å². The number of nitrogens with one attached hydrogen (secondary N) is 1. The van der Waals surface area contributed by atoms with Crippen molar-refractivity contribution in [3.05, 3.63) is 17.8 Å². The molecule has 4 nitrogen and oxygen atoms in total. The largest absolute Gasteiger partial charge is 0.365 e. The van der Waals surface area contributed by atoms with Crippen molar-refractivity contribution in [2.45, 2.75) is 13.0 Å². The number of likely N-dealkylation sites (N-methyl/N-ethyl adjacent to an activating group) is 1. The van der Waals surface area contributed by atoms with Crippen LogP contribution in [-0.2, 0) is 0 Å². The van der Waals surface area contributed by atoms with Gasteiger partial charge in [-0.05, 0) is 32.5 Å². The Kier molecular flexibility index (Phi) is 3.36. The summed E-state index contributed by atoms with van der Waals surface area (Å²) in [5, 5.41) is 5.46. The first-order chi connectivity index (χ1) is 7.66. The standard InChI is InChI=1S/C11H16N4S/c1-8(6-15(2)3)14-11-10-9(4-5-16-10)12-7-13-11/h4-5,7-8H,6H2,1-3H3,(H,12,13,14). The summed E-state index contributed by atoms with van der Waals surface area (Å²) < 4.78 is 1.13. The Balaban J connectivity index is 2.17. The molecule has 5 heteroatoms. The molecule has 1 N–H and O–H groups in total. The van der Waals surface area contributed by atoms with Crippen LogP contribution in [0.1, 0.15) is 6.92 Å². The second-order valence-corrected chi connectivity index (χ2v) is 5.08. The summed E-state index contributed by atoms with van der Waals surface area (Å²) in [5.41, 5.74) is 1.01. The molecule has 2 aromatic heterocycles. The molecule has 0 fully saturated rings. The van der Waals surface area contributed by atoms with Crippen LogP contribution in [0.2, 0.25) is 0 Å². The minimum atomic E-state index is 0.371. The van der Waals surface area contributed by atoms with Crippen molar-refractivity contribution in [3.63, 3.8) is 0 Å². The summed E-state index contributed by atoms with van der Waals surface area (Å²) in [5.74, 6) is 0.939. The Morgan fingerprint density at radius 1 is 1.44 bits per heavy atom. The Morgan fingerprint density at radius 3 is 3.00 bits per heavy atom. The van der Waals surface area contributed by atoms with Crippen LogP contribution in [0.4, 0.5) is 5.82 Å². The van der Waals surface area contributed by atoms with Crippen LogP contribution in [0.25, 0.3) is 10.2 Å². The van der Waals surface area contributed by atoms with Gasteiger partial charge in [0, 0.05) is 12.6 Å². The summed E-state index contributed by atoms with van der Waals surface area (Å²) in [6.45, 7) is 3.14. The number of fused-ring (bicyclic) bond motifs is 1. The zero-order valence-electron chi connectivity index (χ0n) is 9.77. The van der Waals surface area contributed by atoms with Crippen molar-refractivity contribution >= 4 is 27.4 Å². The summed E-state index contributed by atoms with van der Waals surface area (Å²) in [4.78, 5) is 10.7. The molecule has 0 saturated heterocycles. The maximum Gasteiger partial charge on any atom is 0.147 e. The Morgan fingerprint density at radius 2 is 2.25 bits per heavy atom. The molecule has 2 aromatic rings. The van der Waals surface area contributed by atoms with Gasteiger partial charge in [-0.25, -0.2) is 9.97 Å². The van der Waals surface area contributed by atoms with Gasteiger partial charge in [-0.1, -0.05) is 0 Å². The lowest BCUT2D eigenvalue weighted by Gasteiger charge is -2.18. The van der Waals surface area contributed by atoms with Crippen molar-refractivity contribution in [1.29, 1.82) is 0 Å². The number of rotatable bonds is 4. The molecule has 1 unspecified atom stereocenters. The minimum Gasteiger partial charge on any atom is -0.365 e. The fourth-order valence-electron chi connectivity index (χ4n) is 1.72. The average molecular weight is 236 g/mol. The Hall–Kier alpha value is -1.20. The van der Waals surface area contributed by atoms with Crippen molar-refractivity contribution in [3.8, 4) is 0 Å². The van der Waals surface area contributed by atoms with Crippen LogP contribution >= 0.6 is 11.3 Å². The SMILES string of the molecule is CC(CN(C)C)Nc1ncnc2ccsc12. The van der Waals surface area contributed by atoms with E-state index in [0.717, 1.165) is 22.6 Å². The molecule has 1 atom stereocenters. The van der Waals surface area contributed by atoms with E-state index in [1.54, 1.807) is 17.7 Å². The van der Waals surface area contributed by atoms with Crippen molar-refractivity contribution < 1.29 is 0 Å². The summed E-state index contributed by atoms with van der Waals surface area (Å²) in [6.07, 6.45) is 1.61. The first-order valence-corrected chi connectivity index (χ1v) is 6.14. The molecule has 0 radical (unpaired) electrons. The topological polar surface area (TPSA) is 41.0 Å². The predicted molar refractivity (Wildman–Crippen MR) is 69.1 cm³/mol. The number of hydrogen-bond donors (Lipinski definition) is 1. The normalized spacial score (nSPS) is 13.2. The van der Waals surface area contributed by atoms with Crippen LogP contribution in [0, 0.1) is 0 Å². The quantitative estimate of drug-likeness (QED) is 0.882. The third-order valence-corrected chi connectivity index (χ3v) is 3.18. The fourth-order valence-corrected chi connectivity index (χ4v) is 2.52. The Bertz CT molecular complexity index is 466. The fraction of sp³-hybridized carbons (Fsp3) is 0.455. The molecule has 2 heterocycles. The molecular formula is C11H16N4S. The molecule has 0 aliphatic rings. The second kappa shape index (κ2) is 4.76. The van der Waals surface area contributed by atoms with Gasteiger partial charge >= 0.3 is 0 Å². The van der Waals surface area contributed by atoms with Crippen LogP contribution < -0.4 is 5.32 Å². The van der Waals surface area contributed by atoms with E-state index in [4.69, 9.17) is 0 Å². The average Bonchev–Trinajstić information content (AvgIpc) is 2.65. The van der Waals surface area contributed by atoms with Gasteiger partial charge in [0.05, 0.1) is 10.2 Å². The molecule has 0 aliphatic carbocycles. The van der Waals surface area contributed by atoms with Crippen molar-refractivity contribution in [2.24, 2.45) is 0 Å². The maximum absolute atomic E-state index is 4.30. The van der Waals surface area contributed by atoms with Gasteiger partial charge in [-0.15, -0.1) is 11.3 Å². The summed E-state index contributed by atoms with van der Waals surface area (Å²) >= 11 is 1.67. The van der Waals surface area contributed by atoms with E-state index < -0.39 is 0 Å². The van der Waals surface area contributed by atoms with Gasteiger partial charge in [-0.2, -0.15) is 0 Å². The number of hydrogen-bond acceptors (Lipinski definition) is 5. The van der Waals surface area contributed by atoms with Crippen LogP contribution in [0.15, 0.2) is 17.8 Å². The smallest absolute Gasteiger partial charge is 0.147 e. The molecule has 0 saturated carbocycles. The second-order valence-electron chi connectivity index (χ2n) is 4.16. The molecule has 0 spiro atoms. The molecule has 16 heavy (non-hydrogen) atoms. The molecule has 0 aromatic carbocycles. The van der Waals surface area contributed by atoms with E-state index in [0.29, 0.717) is 6.04 Å². The number of aromatic nitrogens is 2. The lowest BCUT2D eigenvalue weighted by atomic mass is 10.3. The highest BCUT2D eigenvalue weighted by molar-refractivity contribution is 7.17. The monoisotopic (exact) mass is 236 g/mol. The van der Waals surface area contributed by atoms with Crippen LogP contribution in [-0.4, -0.2) is 41.5 Å². The zero-order chi connectivity index (χ0) is 11.5. The van der Waals surface area contributed by atoms with Gasteiger partial charge in [0.2, 0.25) is 0 Å². The van der Waals surface area contributed by atoms with E-state index in [-0.39, 0.29) is 0 Å². The predicted octanol–water partition coefficient (Wildman–Crippen LogP) is 2.05. The van der Waals surface area contributed by atoms with Gasteiger partial charge in [0.15, 0.2) is 0 Å². The molecule has 0 amide bonds.